The van der Waals surface area contributed by atoms with Crippen LogP contribution < -0.4 is 10.6 Å². The molecule has 66 heavy (non-hydrogen) atoms. The number of carbonyl (C=O) groups is 3. The van der Waals surface area contributed by atoms with Gasteiger partial charge >= 0.3 is 0 Å². The number of hydrogen-bond acceptors (Lipinski definition) is 12. The standard InChI is InChI=1S/C50H77FN4O11/c1-31-28-39(54(7)8)43(62-27-17-25-52-47(59)37-20-14-15-21-38(37)51)48(63-31)66-45-32(2)42(65-41-30-50(6,61-10)44(57)34(4)64-41)33(3)46(58)53-36(23-22-35-18-12-11-13-19-35)29-40(56)55(9)26-16-24-49(45,5)60/h11-15,18-21,31-34,36,39,41-45,48,57,60H,16-17,22-30H2,1-10H3,(H,52,59)(H,53,58)/t31-,32+,33-,34+,36+,39+,41+,42+,43-,44+,45-,48+,49-,50-/m1/s1. The van der Waals surface area contributed by atoms with E-state index in [9.17, 15) is 29.0 Å². The lowest BCUT2D eigenvalue weighted by atomic mass is 9.79. The number of nitrogens with zero attached hydrogens (tertiary/aromatic N) is 2. The molecule has 3 heterocycles. The maximum atomic E-state index is 14.7. The summed E-state index contributed by atoms with van der Waals surface area (Å²) in [6.07, 6.45) is -3.29. The number of methoxy groups -OCH3 is 1. The third kappa shape index (κ3) is 14.0. The van der Waals surface area contributed by atoms with E-state index in [1.54, 1.807) is 45.7 Å². The number of aryl methyl sites for hydroxylation is 1. The first kappa shape index (κ1) is 53.4. The van der Waals surface area contributed by atoms with Crippen LogP contribution in [0.5, 0.6) is 0 Å². The molecule has 0 spiro atoms. The molecule has 0 aromatic heterocycles. The molecule has 5 rings (SSSR count). The van der Waals surface area contributed by atoms with E-state index in [4.69, 9.17) is 28.4 Å². The van der Waals surface area contributed by atoms with Gasteiger partial charge in [-0.2, -0.15) is 0 Å². The Morgan fingerprint density at radius 3 is 2.39 bits per heavy atom. The topological polar surface area (TPSA) is 178 Å². The molecule has 15 nitrogen and oxygen atoms in total. The third-order valence-corrected chi connectivity index (χ3v) is 13.9. The molecule has 3 amide bonds. The lowest BCUT2D eigenvalue weighted by molar-refractivity contribution is -0.320. The number of amides is 3. The number of carbonyl (C=O) groups excluding carboxylic acids is 3. The van der Waals surface area contributed by atoms with Crippen LogP contribution in [0.2, 0.25) is 0 Å². The van der Waals surface area contributed by atoms with Crippen LogP contribution >= 0.6 is 0 Å². The predicted molar refractivity (Wildman–Crippen MR) is 247 cm³/mol. The van der Waals surface area contributed by atoms with Crippen LogP contribution in [0.3, 0.4) is 0 Å². The minimum absolute atomic E-state index is 0.0383. The molecule has 0 bridgehead atoms. The van der Waals surface area contributed by atoms with Gasteiger partial charge in [0.15, 0.2) is 12.6 Å². The minimum Gasteiger partial charge on any atom is -0.387 e. The SMILES string of the molecule is CO[C@]1(C)C[C@H](O[C@H]2[C@H](C)[C@@H](O[C@@H]3O[C@H](C)C[C@H](N(C)C)[C@H]3OCCCNC(=O)c3ccccc3F)[C@](C)(O)CCCN(C)C(=O)C[C@H](CCc3ccccc3)NC(=O)[C@@H]2C)O[C@@H](C)[C@@H]1O. The summed E-state index contributed by atoms with van der Waals surface area (Å²) in [4.78, 5) is 44.8. The summed E-state index contributed by atoms with van der Waals surface area (Å²) in [5.74, 6) is -3.14. The van der Waals surface area contributed by atoms with Crippen LogP contribution in [-0.4, -0.2) is 158 Å². The van der Waals surface area contributed by atoms with Crippen molar-refractivity contribution in [2.24, 2.45) is 11.8 Å². The van der Waals surface area contributed by atoms with Crippen LogP contribution in [-0.2, 0) is 44.4 Å². The quantitative estimate of drug-likeness (QED) is 0.179. The van der Waals surface area contributed by atoms with E-state index >= 15 is 0 Å². The van der Waals surface area contributed by atoms with Gasteiger partial charge in [0.2, 0.25) is 11.8 Å². The molecule has 3 saturated heterocycles. The van der Waals surface area contributed by atoms with Gasteiger partial charge in [-0.05, 0) is 98.0 Å². The maximum absolute atomic E-state index is 14.7. The highest BCUT2D eigenvalue weighted by atomic mass is 19.1. The summed E-state index contributed by atoms with van der Waals surface area (Å²) >= 11 is 0. The number of ether oxygens (including phenoxy) is 6. The van der Waals surface area contributed by atoms with Crippen molar-refractivity contribution in [1.29, 1.82) is 0 Å². The van der Waals surface area contributed by atoms with E-state index in [-0.39, 0.29) is 61.9 Å². The zero-order valence-corrected chi connectivity index (χ0v) is 40.7. The number of hydrogen-bond donors (Lipinski definition) is 4. The molecule has 0 aliphatic carbocycles. The Kier molecular flexibility index (Phi) is 19.5. The second kappa shape index (κ2) is 24.1. The summed E-state index contributed by atoms with van der Waals surface area (Å²) < 4.78 is 53.5. The smallest absolute Gasteiger partial charge is 0.254 e. The highest BCUT2D eigenvalue weighted by molar-refractivity contribution is 5.94. The molecular weight excluding hydrogens is 852 g/mol. The van der Waals surface area contributed by atoms with Crippen molar-refractivity contribution >= 4 is 17.7 Å². The second-order valence-electron chi connectivity index (χ2n) is 19.5. The molecule has 0 saturated carbocycles. The van der Waals surface area contributed by atoms with Crippen LogP contribution in [0.15, 0.2) is 54.6 Å². The van der Waals surface area contributed by atoms with Gasteiger partial charge in [-0.1, -0.05) is 56.3 Å². The highest BCUT2D eigenvalue weighted by Crippen LogP contribution is 2.39. The molecule has 3 aliphatic heterocycles. The average molecular weight is 929 g/mol. The molecule has 370 valence electrons. The fourth-order valence-electron chi connectivity index (χ4n) is 9.68. The lowest BCUT2D eigenvalue weighted by Crippen LogP contribution is -2.61. The second-order valence-corrected chi connectivity index (χ2v) is 19.5. The van der Waals surface area contributed by atoms with Crippen molar-refractivity contribution in [3.05, 3.63) is 71.5 Å². The monoisotopic (exact) mass is 929 g/mol. The zero-order valence-electron chi connectivity index (χ0n) is 40.7. The third-order valence-electron chi connectivity index (χ3n) is 13.9. The Hall–Kier alpha value is -3.58. The van der Waals surface area contributed by atoms with Crippen LogP contribution in [0.4, 0.5) is 4.39 Å². The van der Waals surface area contributed by atoms with E-state index in [2.05, 4.69) is 15.5 Å². The Morgan fingerprint density at radius 1 is 1.02 bits per heavy atom. The molecule has 14 atom stereocenters. The maximum Gasteiger partial charge on any atom is 0.254 e. The molecule has 3 fully saturated rings. The number of rotatable bonds is 15. The zero-order chi connectivity index (χ0) is 48.3. The first-order valence-electron chi connectivity index (χ1n) is 23.7. The summed E-state index contributed by atoms with van der Waals surface area (Å²) in [6, 6.07) is 15.1. The normalized spacial score (nSPS) is 35.3. The van der Waals surface area contributed by atoms with Crippen molar-refractivity contribution in [3.63, 3.8) is 0 Å². The van der Waals surface area contributed by atoms with Crippen molar-refractivity contribution in [1.82, 2.24) is 20.4 Å². The van der Waals surface area contributed by atoms with Gasteiger partial charge in [0.1, 0.15) is 18.0 Å². The first-order chi connectivity index (χ1) is 31.2. The fraction of sp³-hybridized carbons (Fsp3) is 0.700. The molecule has 2 aromatic rings. The number of benzene rings is 2. The lowest BCUT2D eigenvalue weighted by Gasteiger charge is -2.49. The van der Waals surface area contributed by atoms with E-state index in [1.165, 1.54) is 25.3 Å². The van der Waals surface area contributed by atoms with E-state index in [1.807, 2.05) is 58.3 Å². The molecule has 4 N–H and O–H groups in total. The molecular formula is C50H77FN4O11. The molecule has 0 radical (unpaired) electrons. The molecule has 2 aromatic carbocycles. The number of nitrogens with one attached hydrogen (secondary N) is 2. The summed E-state index contributed by atoms with van der Waals surface area (Å²) in [5.41, 5.74) is -1.52. The Morgan fingerprint density at radius 2 is 1.71 bits per heavy atom. The van der Waals surface area contributed by atoms with Crippen LogP contribution in [0.1, 0.15) is 102 Å². The van der Waals surface area contributed by atoms with E-state index < -0.39 is 83.9 Å². The predicted octanol–water partition coefficient (Wildman–Crippen LogP) is 4.85. The number of halogens is 1. The summed E-state index contributed by atoms with van der Waals surface area (Å²) in [7, 11) is 7.18. The highest BCUT2D eigenvalue weighted by Gasteiger charge is 2.51. The molecule has 3 aliphatic rings. The van der Waals surface area contributed by atoms with Gasteiger partial charge < -0.3 is 59.1 Å². The number of aliphatic hydroxyl groups excluding tert-OH is 1. The average Bonchev–Trinajstić information content (AvgIpc) is 3.27. The largest absolute Gasteiger partial charge is 0.387 e. The van der Waals surface area contributed by atoms with Gasteiger partial charge in [0, 0.05) is 64.7 Å². The summed E-state index contributed by atoms with van der Waals surface area (Å²) in [5, 5.41) is 29.7. The van der Waals surface area contributed by atoms with E-state index in [0.29, 0.717) is 38.6 Å². The Bertz CT molecular complexity index is 1860. The van der Waals surface area contributed by atoms with Gasteiger partial charge in [-0.3, -0.25) is 14.4 Å². The van der Waals surface area contributed by atoms with Gasteiger partial charge in [0.25, 0.3) is 5.91 Å². The number of aliphatic hydroxyl groups is 2. The van der Waals surface area contributed by atoms with Crippen molar-refractivity contribution in [3.8, 4) is 0 Å². The summed E-state index contributed by atoms with van der Waals surface area (Å²) in [6.45, 7) is 11.6. The van der Waals surface area contributed by atoms with Gasteiger partial charge in [0.05, 0.1) is 47.1 Å². The first-order valence-corrected chi connectivity index (χ1v) is 23.7. The molecule has 16 heteroatoms. The fourth-order valence-corrected chi connectivity index (χ4v) is 9.68. The van der Waals surface area contributed by atoms with Crippen molar-refractivity contribution in [2.45, 2.75) is 165 Å². The van der Waals surface area contributed by atoms with Crippen LogP contribution in [0.25, 0.3) is 0 Å². The minimum atomic E-state index is -1.55. The van der Waals surface area contributed by atoms with Gasteiger partial charge in [-0.25, -0.2) is 4.39 Å². The number of likely N-dealkylation sites (N-methyl/N-ethyl adjacent to an activating group) is 1. The van der Waals surface area contributed by atoms with Crippen molar-refractivity contribution in [2.75, 3.05) is 47.9 Å². The van der Waals surface area contributed by atoms with Gasteiger partial charge in [-0.15, -0.1) is 0 Å². The Balaban J connectivity index is 1.46. The Labute approximate surface area is 391 Å². The van der Waals surface area contributed by atoms with Crippen molar-refractivity contribution < 1.29 is 57.4 Å². The van der Waals surface area contributed by atoms with Crippen LogP contribution in [0, 0.1) is 17.7 Å². The van der Waals surface area contributed by atoms with E-state index in [0.717, 1.165) is 5.56 Å². The molecule has 0 unspecified atom stereocenters.